The van der Waals surface area contributed by atoms with Gasteiger partial charge in [-0.05, 0) is 19.9 Å². The monoisotopic (exact) mass is 214 g/mol. The topological polar surface area (TPSA) is 65.2 Å². The molecule has 0 saturated heterocycles. The van der Waals surface area contributed by atoms with E-state index < -0.39 is 5.97 Å². The number of ether oxygens (including phenoxy) is 1. The normalized spacial score (nSPS) is 10.3. The summed E-state index contributed by atoms with van der Waals surface area (Å²) >= 11 is 5.76. The summed E-state index contributed by atoms with van der Waals surface area (Å²) < 4.78 is 4.93. The predicted molar refractivity (Wildman–Crippen MR) is 54.2 cm³/mol. The molecule has 0 unspecified atom stereocenters. The SMILES string of the molecule is CC(C)OC(=O)c1ncc(N)cc1Cl. The Kier molecular flexibility index (Phi) is 3.30. The number of nitrogen functional groups attached to an aromatic ring is 1. The smallest absolute Gasteiger partial charge is 0.358 e. The molecule has 1 aromatic heterocycles. The van der Waals surface area contributed by atoms with Crippen LogP contribution in [0.1, 0.15) is 24.3 Å². The van der Waals surface area contributed by atoms with Gasteiger partial charge in [-0.25, -0.2) is 9.78 Å². The third-order valence-electron chi connectivity index (χ3n) is 1.40. The molecule has 2 N–H and O–H groups in total. The molecule has 1 aromatic rings. The van der Waals surface area contributed by atoms with Gasteiger partial charge in [-0.15, -0.1) is 0 Å². The first-order chi connectivity index (χ1) is 6.50. The summed E-state index contributed by atoms with van der Waals surface area (Å²) in [6, 6.07) is 1.46. The molecular weight excluding hydrogens is 204 g/mol. The van der Waals surface area contributed by atoms with Crippen LogP contribution in [-0.4, -0.2) is 17.1 Å². The van der Waals surface area contributed by atoms with E-state index in [1.807, 2.05) is 0 Å². The lowest BCUT2D eigenvalue weighted by molar-refractivity contribution is 0.0371. The molecule has 0 radical (unpaired) electrons. The minimum atomic E-state index is -0.537. The number of esters is 1. The molecule has 0 atom stereocenters. The van der Waals surface area contributed by atoms with Crippen LogP contribution in [0.5, 0.6) is 0 Å². The van der Waals surface area contributed by atoms with Gasteiger partial charge in [0.25, 0.3) is 0 Å². The van der Waals surface area contributed by atoms with Gasteiger partial charge in [0.15, 0.2) is 5.69 Å². The van der Waals surface area contributed by atoms with E-state index in [-0.39, 0.29) is 16.8 Å². The first-order valence-corrected chi connectivity index (χ1v) is 4.50. The fourth-order valence-corrected chi connectivity index (χ4v) is 1.12. The Morgan fingerprint density at radius 1 is 1.64 bits per heavy atom. The number of nitrogens with two attached hydrogens (primary N) is 1. The van der Waals surface area contributed by atoms with Gasteiger partial charge in [0.05, 0.1) is 23.0 Å². The molecule has 0 saturated carbocycles. The van der Waals surface area contributed by atoms with Crippen LogP contribution < -0.4 is 5.73 Å². The lowest BCUT2D eigenvalue weighted by Gasteiger charge is -2.08. The van der Waals surface area contributed by atoms with E-state index in [9.17, 15) is 4.79 Å². The summed E-state index contributed by atoms with van der Waals surface area (Å²) in [5.41, 5.74) is 5.94. The van der Waals surface area contributed by atoms with Crippen LogP contribution in [0.15, 0.2) is 12.3 Å². The van der Waals surface area contributed by atoms with Crippen molar-refractivity contribution >= 4 is 23.3 Å². The van der Waals surface area contributed by atoms with Crippen LogP contribution in [0.4, 0.5) is 5.69 Å². The Hall–Kier alpha value is -1.29. The molecule has 0 aliphatic heterocycles. The lowest BCUT2D eigenvalue weighted by atomic mass is 10.3. The van der Waals surface area contributed by atoms with Crippen molar-refractivity contribution in [2.45, 2.75) is 20.0 Å². The number of aromatic nitrogens is 1. The van der Waals surface area contributed by atoms with Crippen LogP contribution in [-0.2, 0) is 4.74 Å². The van der Waals surface area contributed by atoms with Gasteiger partial charge < -0.3 is 10.5 Å². The van der Waals surface area contributed by atoms with Gasteiger partial charge in [0.2, 0.25) is 0 Å². The maximum absolute atomic E-state index is 11.4. The Labute approximate surface area is 87.0 Å². The van der Waals surface area contributed by atoms with Crippen LogP contribution in [0, 0.1) is 0 Å². The van der Waals surface area contributed by atoms with Crippen molar-refractivity contribution in [1.29, 1.82) is 0 Å². The van der Waals surface area contributed by atoms with E-state index in [2.05, 4.69) is 4.98 Å². The summed E-state index contributed by atoms with van der Waals surface area (Å²) in [4.78, 5) is 15.2. The first kappa shape index (κ1) is 10.8. The van der Waals surface area contributed by atoms with E-state index in [1.54, 1.807) is 13.8 Å². The fraction of sp³-hybridized carbons (Fsp3) is 0.333. The molecule has 5 heteroatoms. The third kappa shape index (κ3) is 2.60. The second kappa shape index (κ2) is 4.28. The molecule has 0 fully saturated rings. The molecule has 14 heavy (non-hydrogen) atoms. The summed E-state index contributed by atoms with van der Waals surface area (Å²) in [6.07, 6.45) is 1.17. The molecule has 0 aliphatic carbocycles. The highest BCUT2D eigenvalue weighted by atomic mass is 35.5. The molecule has 0 aromatic carbocycles. The summed E-state index contributed by atoms with van der Waals surface area (Å²) in [7, 11) is 0. The van der Waals surface area contributed by atoms with E-state index >= 15 is 0 Å². The minimum absolute atomic E-state index is 0.0922. The van der Waals surface area contributed by atoms with Gasteiger partial charge >= 0.3 is 5.97 Å². The number of hydrogen-bond donors (Lipinski definition) is 1. The molecule has 0 amide bonds. The highest BCUT2D eigenvalue weighted by Crippen LogP contribution is 2.17. The zero-order chi connectivity index (χ0) is 10.7. The zero-order valence-corrected chi connectivity index (χ0v) is 8.71. The highest BCUT2D eigenvalue weighted by molar-refractivity contribution is 6.33. The average molecular weight is 215 g/mol. The number of halogens is 1. The van der Waals surface area contributed by atoms with Crippen LogP contribution in [0.3, 0.4) is 0 Å². The summed E-state index contributed by atoms with van der Waals surface area (Å²) in [5, 5.41) is 0.204. The number of anilines is 1. The molecule has 1 heterocycles. The van der Waals surface area contributed by atoms with Crippen molar-refractivity contribution < 1.29 is 9.53 Å². The van der Waals surface area contributed by atoms with Gasteiger partial charge in [-0.3, -0.25) is 0 Å². The Morgan fingerprint density at radius 3 is 2.79 bits per heavy atom. The standard InChI is InChI=1S/C9H11ClN2O2/c1-5(2)14-9(13)8-7(10)3-6(11)4-12-8/h3-5H,11H2,1-2H3. The van der Waals surface area contributed by atoms with Gasteiger partial charge in [-0.1, -0.05) is 11.6 Å². The van der Waals surface area contributed by atoms with Crippen molar-refractivity contribution in [3.05, 3.63) is 23.0 Å². The average Bonchev–Trinajstić information content (AvgIpc) is 2.01. The lowest BCUT2D eigenvalue weighted by Crippen LogP contribution is -2.13. The van der Waals surface area contributed by atoms with Gasteiger partial charge in [0.1, 0.15) is 0 Å². The molecular formula is C9H11ClN2O2. The van der Waals surface area contributed by atoms with Crippen molar-refractivity contribution in [2.24, 2.45) is 0 Å². The van der Waals surface area contributed by atoms with Crippen LogP contribution in [0.2, 0.25) is 5.02 Å². The van der Waals surface area contributed by atoms with E-state index in [4.69, 9.17) is 22.1 Å². The number of hydrogen-bond acceptors (Lipinski definition) is 4. The minimum Gasteiger partial charge on any atom is -0.458 e. The second-order valence-corrected chi connectivity index (χ2v) is 3.46. The maximum Gasteiger partial charge on any atom is 0.358 e. The molecule has 1 rings (SSSR count). The maximum atomic E-state index is 11.4. The van der Waals surface area contributed by atoms with Crippen molar-refractivity contribution in [3.63, 3.8) is 0 Å². The molecule has 76 valence electrons. The number of carbonyl (C=O) groups is 1. The van der Waals surface area contributed by atoms with E-state index in [1.165, 1.54) is 12.3 Å². The molecule has 0 bridgehead atoms. The number of rotatable bonds is 2. The Morgan fingerprint density at radius 2 is 2.29 bits per heavy atom. The van der Waals surface area contributed by atoms with Crippen molar-refractivity contribution in [3.8, 4) is 0 Å². The van der Waals surface area contributed by atoms with Gasteiger partial charge in [-0.2, -0.15) is 0 Å². The predicted octanol–water partition coefficient (Wildman–Crippen LogP) is 1.88. The summed E-state index contributed by atoms with van der Waals surface area (Å²) in [5.74, 6) is -0.537. The second-order valence-electron chi connectivity index (χ2n) is 3.05. The Balaban J connectivity index is 2.90. The van der Waals surface area contributed by atoms with Crippen LogP contribution in [0.25, 0.3) is 0 Å². The van der Waals surface area contributed by atoms with E-state index in [0.717, 1.165) is 0 Å². The van der Waals surface area contributed by atoms with Crippen LogP contribution >= 0.6 is 11.6 Å². The highest BCUT2D eigenvalue weighted by Gasteiger charge is 2.14. The first-order valence-electron chi connectivity index (χ1n) is 4.12. The molecule has 0 aliphatic rings. The number of carbonyl (C=O) groups excluding carboxylic acids is 1. The van der Waals surface area contributed by atoms with E-state index in [0.29, 0.717) is 5.69 Å². The quantitative estimate of drug-likeness (QED) is 0.764. The number of pyridine rings is 1. The molecule has 4 nitrogen and oxygen atoms in total. The summed E-state index contributed by atoms with van der Waals surface area (Å²) in [6.45, 7) is 3.51. The fourth-order valence-electron chi connectivity index (χ4n) is 0.873. The third-order valence-corrected chi connectivity index (χ3v) is 1.69. The Bertz CT molecular complexity index is 353. The largest absolute Gasteiger partial charge is 0.458 e. The zero-order valence-electron chi connectivity index (χ0n) is 7.95. The number of nitrogens with zero attached hydrogens (tertiary/aromatic N) is 1. The van der Waals surface area contributed by atoms with Gasteiger partial charge in [0, 0.05) is 0 Å². The van der Waals surface area contributed by atoms with Crippen molar-refractivity contribution in [1.82, 2.24) is 4.98 Å². The molecule has 0 spiro atoms. The van der Waals surface area contributed by atoms with Crippen molar-refractivity contribution in [2.75, 3.05) is 5.73 Å².